The van der Waals surface area contributed by atoms with Crippen LogP contribution in [0.3, 0.4) is 0 Å². The predicted molar refractivity (Wildman–Crippen MR) is 111 cm³/mol. The zero-order valence-electron chi connectivity index (χ0n) is 16.3. The van der Waals surface area contributed by atoms with Gasteiger partial charge in [0.25, 0.3) is 11.1 Å². The number of aryl methyl sites for hydroxylation is 1. The smallest absolute Gasteiger partial charge is 0.311 e. The zero-order valence-corrected chi connectivity index (χ0v) is 17.1. The fourth-order valence-electron chi connectivity index (χ4n) is 3.80. The van der Waals surface area contributed by atoms with Crippen LogP contribution in [0.1, 0.15) is 68.9 Å². The lowest BCUT2D eigenvalue weighted by molar-refractivity contribution is -0.134. The van der Waals surface area contributed by atoms with Crippen LogP contribution in [0, 0.1) is 12.8 Å². The Bertz CT molecular complexity index is 781. The summed E-state index contributed by atoms with van der Waals surface area (Å²) in [6.45, 7) is 1.86. The predicted octanol–water partition coefficient (Wildman–Crippen LogP) is 5.37. The maximum atomic E-state index is 12.1. The minimum atomic E-state index is -0.378. The molecule has 0 spiro atoms. The maximum absolute atomic E-state index is 12.1. The highest BCUT2D eigenvalue weighted by molar-refractivity contribution is 8.18. The number of hydrogen-bond acceptors (Lipinski definition) is 5. The van der Waals surface area contributed by atoms with Crippen molar-refractivity contribution in [1.29, 1.82) is 0 Å². The van der Waals surface area contributed by atoms with Crippen molar-refractivity contribution in [1.82, 2.24) is 5.32 Å². The average Bonchev–Trinajstić information content (AvgIpc) is 2.99. The number of imide groups is 1. The molecule has 1 aromatic carbocycles. The molecule has 1 heterocycles. The summed E-state index contributed by atoms with van der Waals surface area (Å²) in [4.78, 5) is 35.3. The van der Waals surface area contributed by atoms with Gasteiger partial charge in [0, 0.05) is 6.42 Å². The normalized spacial score (nSPS) is 19.1. The van der Waals surface area contributed by atoms with Crippen LogP contribution < -0.4 is 10.1 Å². The molecule has 0 atom stereocenters. The van der Waals surface area contributed by atoms with E-state index in [0.29, 0.717) is 17.1 Å². The molecule has 3 rings (SSSR count). The minimum Gasteiger partial charge on any atom is -0.426 e. The molecule has 0 aromatic heterocycles. The fourth-order valence-corrected chi connectivity index (χ4v) is 4.48. The lowest BCUT2D eigenvalue weighted by Gasteiger charge is -2.21. The SMILES string of the molecule is Cc1cc(/C=C2\SC(=O)NC2=O)ccc1OC(=O)CCCCC1CCCCC1. The second kappa shape index (κ2) is 9.92. The van der Waals surface area contributed by atoms with Crippen molar-refractivity contribution in [3.05, 3.63) is 34.2 Å². The Labute approximate surface area is 170 Å². The molecular weight excluding hydrogens is 374 g/mol. The number of esters is 1. The quantitative estimate of drug-likeness (QED) is 0.288. The van der Waals surface area contributed by atoms with Gasteiger partial charge in [-0.2, -0.15) is 0 Å². The monoisotopic (exact) mass is 401 g/mol. The molecule has 6 heteroatoms. The number of amides is 2. The molecule has 1 aliphatic carbocycles. The number of carbonyl (C=O) groups excluding carboxylic acids is 3. The van der Waals surface area contributed by atoms with E-state index < -0.39 is 0 Å². The van der Waals surface area contributed by atoms with Gasteiger partial charge in [-0.3, -0.25) is 19.7 Å². The summed E-state index contributed by atoms with van der Waals surface area (Å²) in [6.07, 6.45) is 12.1. The Morgan fingerprint density at radius 3 is 2.68 bits per heavy atom. The molecule has 1 N–H and O–H groups in total. The Balaban J connectivity index is 1.46. The highest BCUT2D eigenvalue weighted by Gasteiger charge is 2.25. The van der Waals surface area contributed by atoms with Gasteiger partial charge in [0.15, 0.2) is 0 Å². The zero-order chi connectivity index (χ0) is 19.9. The van der Waals surface area contributed by atoms with Crippen LogP contribution in [0.4, 0.5) is 4.79 Å². The summed E-state index contributed by atoms with van der Waals surface area (Å²) in [7, 11) is 0. The Kier molecular flexibility index (Phi) is 7.31. The van der Waals surface area contributed by atoms with Crippen molar-refractivity contribution >= 4 is 35.0 Å². The summed E-state index contributed by atoms with van der Waals surface area (Å²) in [6, 6.07) is 5.36. The first-order valence-corrected chi connectivity index (χ1v) is 10.9. The number of carbonyl (C=O) groups is 3. The van der Waals surface area contributed by atoms with Gasteiger partial charge in [0.1, 0.15) is 5.75 Å². The molecule has 1 aromatic rings. The van der Waals surface area contributed by atoms with Crippen molar-refractivity contribution in [3.63, 3.8) is 0 Å². The Morgan fingerprint density at radius 1 is 1.21 bits per heavy atom. The molecule has 0 radical (unpaired) electrons. The molecular formula is C22H27NO4S. The van der Waals surface area contributed by atoms with E-state index in [1.807, 2.05) is 13.0 Å². The van der Waals surface area contributed by atoms with Gasteiger partial charge in [-0.1, -0.05) is 51.0 Å². The van der Waals surface area contributed by atoms with Gasteiger partial charge in [0.2, 0.25) is 0 Å². The van der Waals surface area contributed by atoms with E-state index in [2.05, 4.69) is 5.32 Å². The first kappa shape index (κ1) is 20.6. The molecule has 2 amide bonds. The van der Waals surface area contributed by atoms with Gasteiger partial charge in [0.05, 0.1) is 4.91 Å². The van der Waals surface area contributed by atoms with Crippen molar-refractivity contribution in [2.75, 3.05) is 0 Å². The number of rotatable bonds is 7. The number of benzene rings is 1. The van der Waals surface area contributed by atoms with Crippen LogP contribution in [0.15, 0.2) is 23.1 Å². The second-order valence-electron chi connectivity index (χ2n) is 7.60. The summed E-state index contributed by atoms with van der Waals surface area (Å²) >= 11 is 0.887. The van der Waals surface area contributed by atoms with Gasteiger partial charge in [-0.15, -0.1) is 0 Å². The topological polar surface area (TPSA) is 72.5 Å². The molecule has 2 fully saturated rings. The summed E-state index contributed by atoms with van der Waals surface area (Å²) < 4.78 is 5.50. The van der Waals surface area contributed by atoms with Crippen LogP contribution in [-0.4, -0.2) is 17.1 Å². The van der Waals surface area contributed by atoms with Crippen LogP contribution in [0.2, 0.25) is 0 Å². The van der Waals surface area contributed by atoms with Crippen molar-refractivity contribution in [2.45, 2.75) is 64.7 Å². The van der Waals surface area contributed by atoms with E-state index in [-0.39, 0.29) is 17.1 Å². The molecule has 5 nitrogen and oxygen atoms in total. The molecule has 1 saturated carbocycles. The Morgan fingerprint density at radius 2 is 2.00 bits per heavy atom. The number of nitrogens with one attached hydrogen (secondary N) is 1. The summed E-state index contributed by atoms with van der Waals surface area (Å²) in [5.74, 6) is 0.814. The van der Waals surface area contributed by atoms with Crippen LogP contribution in [-0.2, 0) is 9.59 Å². The van der Waals surface area contributed by atoms with Gasteiger partial charge < -0.3 is 4.74 Å². The highest BCUT2D eigenvalue weighted by Crippen LogP contribution is 2.29. The van der Waals surface area contributed by atoms with Gasteiger partial charge >= 0.3 is 5.97 Å². The first-order chi connectivity index (χ1) is 13.5. The standard InChI is InChI=1S/C22H27NO4S/c1-15-13-17(14-19-21(25)23-22(26)28-19)11-12-18(15)27-20(24)10-6-5-9-16-7-3-2-4-8-16/h11-14,16H,2-10H2,1H3,(H,23,25,26)/b19-14-. The average molecular weight is 402 g/mol. The third-order valence-electron chi connectivity index (χ3n) is 5.33. The molecule has 150 valence electrons. The maximum Gasteiger partial charge on any atom is 0.311 e. The van der Waals surface area contributed by atoms with E-state index >= 15 is 0 Å². The highest BCUT2D eigenvalue weighted by atomic mass is 32.2. The van der Waals surface area contributed by atoms with Crippen molar-refractivity contribution in [3.8, 4) is 5.75 Å². The van der Waals surface area contributed by atoms with E-state index in [9.17, 15) is 14.4 Å². The number of unbranched alkanes of at least 4 members (excludes halogenated alkanes) is 1. The van der Waals surface area contributed by atoms with Gasteiger partial charge in [-0.05, 0) is 60.4 Å². The summed E-state index contributed by atoms with van der Waals surface area (Å²) in [5.41, 5.74) is 1.61. The second-order valence-corrected chi connectivity index (χ2v) is 8.62. The number of thioether (sulfide) groups is 1. The largest absolute Gasteiger partial charge is 0.426 e. The van der Waals surface area contributed by atoms with E-state index in [4.69, 9.17) is 4.74 Å². The van der Waals surface area contributed by atoms with Gasteiger partial charge in [-0.25, -0.2) is 0 Å². The molecule has 1 saturated heterocycles. The van der Waals surface area contributed by atoms with Crippen molar-refractivity contribution in [2.24, 2.45) is 5.92 Å². The fraction of sp³-hybridized carbons (Fsp3) is 0.500. The number of hydrogen-bond donors (Lipinski definition) is 1. The molecule has 2 aliphatic rings. The van der Waals surface area contributed by atoms with E-state index in [1.54, 1.807) is 18.2 Å². The third kappa shape index (κ3) is 5.96. The first-order valence-electron chi connectivity index (χ1n) is 10.1. The third-order valence-corrected chi connectivity index (χ3v) is 6.14. The molecule has 1 aliphatic heterocycles. The van der Waals surface area contributed by atoms with E-state index in [0.717, 1.165) is 41.6 Å². The van der Waals surface area contributed by atoms with E-state index in [1.165, 1.54) is 38.5 Å². The minimum absolute atomic E-state index is 0.200. The van der Waals surface area contributed by atoms with Crippen LogP contribution in [0.5, 0.6) is 5.75 Å². The number of ether oxygens (including phenoxy) is 1. The van der Waals surface area contributed by atoms with Crippen LogP contribution in [0.25, 0.3) is 6.08 Å². The molecule has 28 heavy (non-hydrogen) atoms. The van der Waals surface area contributed by atoms with Crippen LogP contribution >= 0.6 is 11.8 Å². The molecule has 0 bridgehead atoms. The lowest BCUT2D eigenvalue weighted by Crippen LogP contribution is -2.17. The van der Waals surface area contributed by atoms with Crippen molar-refractivity contribution < 1.29 is 19.1 Å². The summed E-state index contributed by atoms with van der Waals surface area (Å²) in [5, 5.41) is 1.87. The lowest BCUT2D eigenvalue weighted by atomic mass is 9.86. The molecule has 0 unspecified atom stereocenters. The Hall–Kier alpha value is -2.08.